The molecule has 0 amide bonds. The van der Waals surface area contributed by atoms with E-state index in [0.717, 1.165) is 12.2 Å². The van der Waals surface area contributed by atoms with Crippen LogP contribution in [0, 0.1) is 0 Å². The highest BCUT2D eigenvalue weighted by molar-refractivity contribution is 6.29. The molecule has 0 aliphatic carbocycles. The molecule has 0 bridgehead atoms. The number of hydrogen-bond donors (Lipinski definition) is 1. The molecule has 1 aromatic heterocycles. The van der Waals surface area contributed by atoms with E-state index < -0.39 is 0 Å². The zero-order chi connectivity index (χ0) is 8.97. The predicted molar refractivity (Wildman–Crippen MR) is 52.6 cm³/mol. The number of halogens is 1. The summed E-state index contributed by atoms with van der Waals surface area (Å²) in [6.45, 7) is 4.24. The fourth-order valence-electron chi connectivity index (χ4n) is 0.843. The van der Waals surface area contributed by atoms with Crippen molar-refractivity contribution in [2.45, 2.75) is 26.3 Å². The van der Waals surface area contributed by atoms with E-state index in [1.807, 2.05) is 12.1 Å². The molecule has 12 heavy (non-hydrogen) atoms. The summed E-state index contributed by atoms with van der Waals surface area (Å²) in [6, 6.07) is 6.01. The summed E-state index contributed by atoms with van der Waals surface area (Å²) in [5.41, 5.74) is 0. The first kappa shape index (κ1) is 9.33. The number of hydrogen-bond acceptors (Lipinski definition) is 2. The van der Waals surface area contributed by atoms with E-state index in [1.165, 1.54) is 0 Å². The third-order valence-corrected chi connectivity index (χ3v) is 1.93. The van der Waals surface area contributed by atoms with Crippen molar-refractivity contribution in [3.8, 4) is 0 Å². The second-order valence-corrected chi connectivity index (χ2v) is 3.19. The molecule has 66 valence electrons. The lowest BCUT2D eigenvalue weighted by molar-refractivity contribution is 0.759. The van der Waals surface area contributed by atoms with Gasteiger partial charge in [0.1, 0.15) is 11.0 Å². The number of nitrogens with zero attached hydrogens (tertiary/aromatic N) is 1. The molecule has 3 heteroatoms. The Bertz CT molecular complexity index is 250. The second-order valence-electron chi connectivity index (χ2n) is 2.80. The third-order valence-electron chi connectivity index (χ3n) is 1.72. The third kappa shape index (κ3) is 2.70. The Morgan fingerprint density at radius 1 is 1.58 bits per heavy atom. The van der Waals surface area contributed by atoms with Gasteiger partial charge in [0.2, 0.25) is 0 Å². The van der Waals surface area contributed by atoms with Crippen LogP contribution in [-0.2, 0) is 0 Å². The first-order valence-electron chi connectivity index (χ1n) is 4.11. The van der Waals surface area contributed by atoms with Gasteiger partial charge in [-0.05, 0) is 25.5 Å². The first-order chi connectivity index (χ1) is 5.72. The Morgan fingerprint density at radius 3 is 2.92 bits per heavy atom. The van der Waals surface area contributed by atoms with Crippen molar-refractivity contribution < 1.29 is 0 Å². The van der Waals surface area contributed by atoms with Crippen LogP contribution in [0.4, 0.5) is 5.82 Å². The molecule has 2 nitrogen and oxygen atoms in total. The van der Waals surface area contributed by atoms with E-state index in [1.54, 1.807) is 6.07 Å². The molecule has 0 saturated carbocycles. The zero-order valence-electron chi connectivity index (χ0n) is 7.34. The van der Waals surface area contributed by atoms with Gasteiger partial charge >= 0.3 is 0 Å². The minimum absolute atomic E-state index is 0.441. The topological polar surface area (TPSA) is 24.9 Å². The lowest BCUT2D eigenvalue weighted by atomic mass is 10.2. The summed E-state index contributed by atoms with van der Waals surface area (Å²) in [6.07, 6.45) is 1.08. The van der Waals surface area contributed by atoms with E-state index >= 15 is 0 Å². The average molecular weight is 185 g/mol. The van der Waals surface area contributed by atoms with Crippen molar-refractivity contribution in [2.24, 2.45) is 0 Å². The Labute approximate surface area is 78.0 Å². The number of pyridine rings is 1. The lowest BCUT2D eigenvalue weighted by Crippen LogP contribution is -2.14. The zero-order valence-corrected chi connectivity index (χ0v) is 8.10. The highest BCUT2D eigenvalue weighted by atomic mass is 35.5. The van der Waals surface area contributed by atoms with Crippen molar-refractivity contribution in [1.29, 1.82) is 0 Å². The second kappa shape index (κ2) is 4.31. The van der Waals surface area contributed by atoms with E-state index in [9.17, 15) is 0 Å². The van der Waals surface area contributed by atoms with Gasteiger partial charge in [-0.1, -0.05) is 24.6 Å². The molecule has 1 N–H and O–H groups in total. The summed E-state index contributed by atoms with van der Waals surface area (Å²) in [5.74, 6) is 0.844. The van der Waals surface area contributed by atoms with Crippen molar-refractivity contribution >= 4 is 17.4 Å². The normalized spacial score (nSPS) is 12.6. The largest absolute Gasteiger partial charge is 0.368 e. The molecular formula is C9H13ClN2. The van der Waals surface area contributed by atoms with Gasteiger partial charge in [0.25, 0.3) is 0 Å². The van der Waals surface area contributed by atoms with E-state index in [4.69, 9.17) is 11.6 Å². The van der Waals surface area contributed by atoms with Crippen LogP contribution in [0.15, 0.2) is 18.2 Å². The van der Waals surface area contributed by atoms with Gasteiger partial charge in [-0.3, -0.25) is 0 Å². The molecule has 1 heterocycles. The maximum Gasteiger partial charge on any atom is 0.131 e. The minimum atomic E-state index is 0.441. The molecule has 0 aliphatic heterocycles. The average Bonchev–Trinajstić information content (AvgIpc) is 2.04. The van der Waals surface area contributed by atoms with Crippen molar-refractivity contribution in [3.63, 3.8) is 0 Å². The monoisotopic (exact) mass is 184 g/mol. The van der Waals surface area contributed by atoms with Gasteiger partial charge in [-0.25, -0.2) is 4.98 Å². The van der Waals surface area contributed by atoms with Crippen molar-refractivity contribution in [2.75, 3.05) is 5.32 Å². The standard InChI is InChI=1S/C9H13ClN2/c1-3-7(2)11-9-6-4-5-8(10)12-9/h4-7H,3H2,1-2H3,(H,11,12)/t7-/m1/s1. The fraction of sp³-hybridized carbons (Fsp3) is 0.444. The van der Waals surface area contributed by atoms with Gasteiger partial charge in [0, 0.05) is 6.04 Å². The molecule has 1 rings (SSSR count). The molecule has 0 fully saturated rings. The Balaban J connectivity index is 2.63. The number of anilines is 1. The van der Waals surface area contributed by atoms with Gasteiger partial charge in [0.15, 0.2) is 0 Å². The van der Waals surface area contributed by atoms with Crippen LogP contribution >= 0.6 is 11.6 Å². The van der Waals surface area contributed by atoms with Gasteiger partial charge in [0.05, 0.1) is 0 Å². The Kier molecular flexibility index (Phi) is 3.35. The van der Waals surface area contributed by atoms with Crippen LogP contribution < -0.4 is 5.32 Å². The predicted octanol–water partition coefficient (Wildman–Crippen LogP) is 2.95. The lowest BCUT2D eigenvalue weighted by Gasteiger charge is -2.11. The quantitative estimate of drug-likeness (QED) is 0.731. The summed E-state index contributed by atoms with van der Waals surface area (Å²) in [4.78, 5) is 4.12. The SMILES string of the molecule is CC[C@@H](C)Nc1cccc(Cl)n1. The molecule has 1 aromatic rings. The molecule has 0 unspecified atom stereocenters. The maximum absolute atomic E-state index is 5.72. The van der Waals surface area contributed by atoms with Crippen molar-refractivity contribution in [1.82, 2.24) is 4.98 Å². The molecule has 0 aliphatic rings. The Hall–Kier alpha value is -0.760. The molecule has 0 aromatic carbocycles. The van der Waals surface area contributed by atoms with Crippen LogP contribution in [0.5, 0.6) is 0 Å². The summed E-state index contributed by atoms with van der Waals surface area (Å²) in [7, 11) is 0. The first-order valence-corrected chi connectivity index (χ1v) is 4.49. The van der Waals surface area contributed by atoms with E-state index in [0.29, 0.717) is 11.2 Å². The number of rotatable bonds is 3. The molecule has 0 spiro atoms. The number of nitrogens with one attached hydrogen (secondary N) is 1. The van der Waals surface area contributed by atoms with Crippen LogP contribution in [0.2, 0.25) is 5.15 Å². The van der Waals surface area contributed by atoms with Gasteiger partial charge in [-0.2, -0.15) is 0 Å². The van der Waals surface area contributed by atoms with Crippen LogP contribution in [-0.4, -0.2) is 11.0 Å². The molecular weight excluding hydrogens is 172 g/mol. The highest BCUT2D eigenvalue weighted by Gasteiger charge is 1.99. The molecule has 1 atom stereocenters. The van der Waals surface area contributed by atoms with Crippen LogP contribution in [0.1, 0.15) is 20.3 Å². The van der Waals surface area contributed by atoms with Crippen LogP contribution in [0.3, 0.4) is 0 Å². The van der Waals surface area contributed by atoms with Gasteiger partial charge < -0.3 is 5.32 Å². The number of aromatic nitrogens is 1. The minimum Gasteiger partial charge on any atom is -0.368 e. The van der Waals surface area contributed by atoms with Crippen molar-refractivity contribution in [3.05, 3.63) is 23.4 Å². The van der Waals surface area contributed by atoms with Crippen LogP contribution in [0.25, 0.3) is 0 Å². The summed E-state index contributed by atoms with van der Waals surface area (Å²) >= 11 is 5.72. The smallest absolute Gasteiger partial charge is 0.131 e. The fourth-order valence-corrected chi connectivity index (χ4v) is 1.01. The van der Waals surface area contributed by atoms with Gasteiger partial charge in [-0.15, -0.1) is 0 Å². The highest BCUT2D eigenvalue weighted by Crippen LogP contribution is 2.10. The maximum atomic E-state index is 5.72. The molecule has 0 radical (unpaired) electrons. The Morgan fingerprint density at radius 2 is 2.33 bits per heavy atom. The van der Waals surface area contributed by atoms with E-state index in [2.05, 4.69) is 24.1 Å². The van der Waals surface area contributed by atoms with E-state index in [-0.39, 0.29) is 0 Å². The molecule has 0 saturated heterocycles. The summed E-state index contributed by atoms with van der Waals surface area (Å²) in [5, 5.41) is 3.77. The summed E-state index contributed by atoms with van der Waals surface area (Å²) < 4.78 is 0.